The second kappa shape index (κ2) is 9.16. The number of halogens is 1. The van der Waals surface area contributed by atoms with Crippen LogP contribution in [0.2, 0.25) is 5.02 Å². The fourth-order valence-corrected chi connectivity index (χ4v) is 2.31. The average molecular weight is 401 g/mol. The van der Waals surface area contributed by atoms with E-state index in [4.69, 9.17) is 22.0 Å². The third kappa shape index (κ3) is 5.55. The summed E-state index contributed by atoms with van der Waals surface area (Å²) >= 11 is 5.71. The van der Waals surface area contributed by atoms with Crippen molar-refractivity contribution in [3.8, 4) is 6.07 Å². The molecule has 0 spiro atoms. The van der Waals surface area contributed by atoms with Crippen molar-refractivity contribution in [2.45, 2.75) is 6.42 Å². The lowest BCUT2D eigenvalue weighted by Crippen LogP contribution is -2.14. The van der Waals surface area contributed by atoms with Gasteiger partial charge < -0.3 is 15.7 Å². The van der Waals surface area contributed by atoms with Gasteiger partial charge in [0.2, 0.25) is 0 Å². The molecule has 0 bridgehead atoms. The predicted octanol–water partition coefficient (Wildman–Crippen LogP) is 3.33. The van der Waals surface area contributed by atoms with Crippen molar-refractivity contribution in [2.75, 3.05) is 10.6 Å². The maximum absolute atomic E-state index is 12.2. The van der Waals surface area contributed by atoms with E-state index in [0.717, 1.165) is 6.07 Å². The Morgan fingerprint density at radius 3 is 2.43 bits per heavy atom. The first kappa shape index (κ1) is 20.4. The zero-order valence-corrected chi connectivity index (χ0v) is 14.9. The minimum absolute atomic E-state index is 0.0768. The highest BCUT2D eigenvalue weighted by molar-refractivity contribution is 6.32. The molecule has 2 aromatic carbocycles. The summed E-state index contributed by atoms with van der Waals surface area (Å²) in [5, 5.41) is 33.9. The third-order valence-corrected chi connectivity index (χ3v) is 3.78. The maximum Gasteiger partial charge on any atom is 0.307 e. The molecule has 0 radical (unpaired) electrons. The van der Waals surface area contributed by atoms with Gasteiger partial charge in [-0.05, 0) is 29.8 Å². The van der Waals surface area contributed by atoms with Crippen LogP contribution in [0.4, 0.5) is 17.1 Å². The number of carboxylic acid groups (broad SMARTS) is 1. The first-order valence-corrected chi connectivity index (χ1v) is 8.11. The van der Waals surface area contributed by atoms with Crippen LogP contribution >= 0.6 is 11.6 Å². The second-order valence-corrected chi connectivity index (χ2v) is 5.87. The number of rotatable bonds is 7. The molecule has 0 heterocycles. The summed E-state index contributed by atoms with van der Waals surface area (Å²) in [6, 6.07) is 11.9. The largest absolute Gasteiger partial charge is 0.481 e. The van der Waals surface area contributed by atoms with Gasteiger partial charge in [-0.3, -0.25) is 19.7 Å². The van der Waals surface area contributed by atoms with Gasteiger partial charge in [0, 0.05) is 23.6 Å². The first-order chi connectivity index (χ1) is 13.3. The minimum Gasteiger partial charge on any atom is -0.481 e. The lowest BCUT2D eigenvalue weighted by Gasteiger charge is -2.06. The van der Waals surface area contributed by atoms with E-state index in [-0.39, 0.29) is 28.4 Å². The van der Waals surface area contributed by atoms with Crippen LogP contribution in [0.1, 0.15) is 5.56 Å². The summed E-state index contributed by atoms with van der Waals surface area (Å²) in [5.74, 6) is -1.72. The molecule has 2 rings (SSSR count). The van der Waals surface area contributed by atoms with Crippen molar-refractivity contribution in [1.82, 2.24) is 0 Å². The molecule has 0 aromatic heterocycles. The Morgan fingerprint density at radius 1 is 1.21 bits per heavy atom. The quantitative estimate of drug-likeness (QED) is 0.279. The van der Waals surface area contributed by atoms with E-state index in [9.17, 15) is 19.7 Å². The standard InChI is InChI=1S/C18H13ClN4O5/c19-15-6-5-14(8-16(15)23(27)28)22-18(26)12(9-20)10-21-13-3-1-11(2-4-13)7-17(24)25/h1-6,8,10,21H,7H2,(H,22,26)(H,24,25)/b12-10-. The van der Waals surface area contributed by atoms with Crippen LogP contribution in [0.25, 0.3) is 0 Å². The molecule has 0 aliphatic heterocycles. The van der Waals surface area contributed by atoms with Crippen LogP contribution < -0.4 is 10.6 Å². The van der Waals surface area contributed by atoms with Crippen molar-refractivity contribution in [3.05, 3.63) is 74.9 Å². The van der Waals surface area contributed by atoms with Gasteiger partial charge in [-0.1, -0.05) is 23.7 Å². The minimum atomic E-state index is -0.952. The van der Waals surface area contributed by atoms with E-state index >= 15 is 0 Å². The van der Waals surface area contributed by atoms with Crippen molar-refractivity contribution in [1.29, 1.82) is 5.26 Å². The number of nitro groups is 1. The number of carbonyl (C=O) groups is 2. The molecule has 0 unspecified atom stereocenters. The Bertz CT molecular complexity index is 996. The number of nitriles is 1. The second-order valence-electron chi connectivity index (χ2n) is 5.46. The molecule has 0 saturated carbocycles. The number of benzene rings is 2. The number of carbonyl (C=O) groups excluding carboxylic acids is 1. The predicted molar refractivity (Wildman–Crippen MR) is 102 cm³/mol. The van der Waals surface area contributed by atoms with Gasteiger partial charge >= 0.3 is 5.97 Å². The summed E-state index contributed by atoms with van der Waals surface area (Å²) in [6.45, 7) is 0. The van der Waals surface area contributed by atoms with Crippen LogP contribution in [-0.2, 0) is 16.0 Å². The summed E-state index contributed by atoms with van der Waals surface area (Å²) in [6.07, 6.45) is 1.06. The highest BCUT2D eigenvalue weighted by atomic mass is 35.5. The van der Waals surface area contributed by atoms with Crippen LogP contribution in [-0.4, -0.2) is 21.9 Å². The zero-order chi connectivity index (χ0) is 20.7. The van der Waals surface area contributed by atoms with E-state index in [1.165, 1.54) is 18.3 Å². The average Bonchev–Trinajstić information content (AvgIpc) is 2.64. The molecule has 10 heteroatoms. The molecule has 28 heavy (non-hydrogen) atoms. The van der Waals surface area contributed by atoms with Crippen LogP contribution in [0.15, 0.2) is 54.2 Å². The molecule has 0 saturated heterocycles. The Hall–Kier alpha value is -3.90. The van der Waals surface area contributed by atoms with E-state index in [2.05, 4.69) is 10.6 Å². The van der Waals surface area contributed by atoms with Crippen molar-refractivity contribution < 1.29 is 19.6 Å². The fourth-order valence-electron chi connectivity index (χ4n) is 2.13. The first-order valence-electron chi connectivity index (χ1n) is 7.73. The number of hydrogen-bond acceptors (Lipinski definition) is 6. The molecule has 142 valence electrons. The van der Waals surface area contributed by atoms with Gasteiger partial charge in [-0.2, -0.15) is 5.26 Å². The smallest absolute Gasteiger partial charge is 0.307 e. The van der Waals surface area contributed by atoms with E-state index < -0.39 is 16.8 Å². The summed E-state index contributed by atoms with van der Waals surface area (Å²) in [7, 11) is 0. The monoisotopic (exact) mass is 400 g/mol. The van der Waals surface area contributed by atoms with E-state index in [1.54, 1.807) is 30.3 Å². The van der Waals surface area contributed by atoms with Crippen LogP contribution in [0, 0.1) is 21.4 Å². The highest BCUT2D eigenvalue weighted by Crippen LogP contribution is 2.27. The summed E-state index contributed by atoms with van der Waals surface area (Å²) < 4.78 is 0. The number of hydrogen-bond donors (Lipinski definition) is 3. The third-order valence-electron chi connectivity index (χ3n) is 3.46. The number of aliphatic carboxylic acids is 1. The van der Waals surface area contributed by atoms with Gasteiger partial charge in [-0.15, -0.1) is 0 Å². The zero-order valence-electron chi connectivity index (χ0n) is 14.2. The van der Waals surface area contributed by atoms with Gasteiger partial charge in [0.05, 0.1) is 11.3 Å². The normalized spacial score (nSPS) is 10.6. The summed E-state index contributed by atoms with van der Waals surface area (Å²) in [5.41, 5.74) is 0.607. The molecule has 0 fully saturated rings. The number of amides is 1. The number of nitro benzene ring substituents is 1. The molecule has 0 aliphatic carbocycles. The number of nitrogens with zero attached hydrogens (tertiary/aromatic N) is 2. The Balaban J connectivity index is 2.09. The molecule has 9 nitrogen and oxygen atoms in total. The Labute approximate surface area is 164 Å². The van der Waals surface area contributed by atoms with Crippen molar-refractivity contribution >= 4 is 40.5 Å². The fraction of sp³-hybridized carbons (Fsp3) is 0.0556. The van der Waals surface area contributed by atoms with E-state index in [1.807, 2.05) is 0 Å². The molecule has 1 amide bonds. The lowest BCUT2D eigenvalue weighted by atomic mass is 10.1. The van der Waals surface area contributed by atoms with Crippen molar-refractivity contribution in [2.24, 2.45) is 0 Å². The number of carboxylic acids is 1. The Kier molecular flexibility index (Phi) is 6.68. The highest BCUT2D eigenvalue weighted by Gasteiger charge is 2.15. The van der Waals surface area contributed by atoms with E-state index in [0.29, 0.717) is 11.3 Å². The topological polar surface area (TPSA) is 145 Å². The number of anilines is 2. The van der Waals surface area contributed by atoms with Gasteiger partial charge in [0.25, 0.3) is 11.6 Å². The van der Waals surface area contributed by atoms with Gasteiger partial charge in [0.15, 0.2) is 0 Å². The van der Waals surface area contributed by atoms with Crippen LogP contribution in [0.3, 0.4) is 0 Å². The van der Waals surface area contributed by atoms with Gasteiger partial charge in [-0.25, -0.2) is 0 Å². The molecular formula is C18H13ClN4O5. The molecule has 3 N–H and O–H groups in total. The maximum atomic E-state index is 12.2. The summed E-state index contributed by atoms with van der Waals surface area (Å²) in [4.78, 5) is 33.1. The lowest BCUT2D eigenvalue weighted by molar-refractivity contribution is -0.384. The molecule has 2 aromatic rings. The molecule has 0 aliphatic rings. The molecular weight excluding hydrogens is 388 g/mol. The number of nitrogens with one attached hydrogen (secondary N) is 2. The SMILES string of the molecule is N#C/C(=C/Nc1ccc(CC(=O)O)cc1)C(=O)Nc1ccc(Cl)c([N+](=O)[O-])c1. The van der Waals surface area contributed by atoms with Gasteiger partial charge in [0.1, 0.15) is 16.7 Å². The van der Waals surface area contributed by atoms with Crippen molar-refractivity contribution in [3.63, 3.8) is 0 Å². The Morgan fingerprint density at radius 2 is 1.86 bits per heavy atom. The van der Waals surface area contributed by atoms with Crippen LogP contribution in [0.5, 0.6) is 0 Å². The molecule has 0 atom stereocenters.